The third kappa shape index (κ3) is 2.61. The first-order chi connectivity index (χ1) is 9.33. The Hall–Kier alpha value is -2.27. The number of para-hydroxylation sites is 2. The zero-order valence-corrected chi connectivity index (χ0v) is 10.7. The van der Waals surface area contributed by atoms with Crippen molar-refractivity contribution < 1.29 is 9.21 Å². The van der Waals surface area contributed by atoms with Crippen LogP contribution in [0.3, 0.4) is 0 Å². The normalized spacial score (nSPS) is 10.5. The van der Waals surface area contributed by atoms with E-state index < -0.39 is 0 Å². The summed E-state index contributed by atoms with van der Waals surface area (Å²) in [6.07, 6.45) is 0. The third-order valence-corrected chi connectivity index (χ3v) is 3.18. The number of hydrogen-bond donors (Lipinski definition) is 1. The summed E-state index contributed by atoms with van der Waals surface area (Å²) >= 11 is 1.07. The van der Waals surface area contributed by atoms with E-state index >= 15 is 0 Å². The van der Waals surface area contributed by atoms with Crippen molar-refractivity contribution in [3.63, 3.8) is 0 Å². The van der Waals surface area contributed by atoms with Gasteiger partial charge >= 0.3 is 0 Å². The number of benzene rings is 2. The van der Waals surface area contributed by atoms with Crippen LogP contribution >= 0.6 is 11.9 Å². The minimum Gasteiger partial charge on any atom is -0.430 e. The summed E-state index contributed by atoms with van der Waals surface area (Å²) in [7, 11) is 0. The summed E-state index contributed by atoms with van der Waals surface area (Å²) < 4.78 is 8.19. The number of oxazole rings is 1. The van der Waals surface area contributed by atoms with E-state index in [9.17, 15) is 4.79 Å². The largest absolute Gasteiger partial charge is 0.430 e. The van der Waals surface area contributed by atoms with Gasteiger partial charge in [-0.1, -0.05) is 30.3 Å². The van der Waals surface area contributed by atoms with Gasteiger partial charge in [-0.3, -0.25) is 9.52 Å². The lowest BCUT2D eigenvalue weighted by Gasteiger charge is -2.00. The second kappa shape index (κ2) is 5.16. The number of rotatable bonds is 3. The molecule has 0 fully saturated rings. The van der Waals surface area contributed by atoms with Crippen molar-refractivity contribution in [1.82, 2.24) is 9.71 Å². The second-order valence-electron chi connectivity index (χ2n) is 3.85. The van der Waals surface area contributed by atoms with Crippen LogP contribution in [-0.4, -0.2) is 10.9 Å². The molecular weight excluding hydrogens is 260 g/mol. The molecule has 1 heterocycles. The van der Waals surface area contributed by atoms with Crippen LogP contribution in [0.4, 0.5) is 0 Å². The van der Waals surface area contributed by atoms with Crippen LogP contribution in [0, 0.1) is 0 Å². The van der Waals surface area contributed by atoms with E-state index in [4.69, 9.17) is 4.42 Å². The van der Waals surface area contributed by atoms with Gasteiger partial charge in [-0.05, 0) is 24.3 Å². The monoisotopic (exact) mass is 270 g/mol. The van der Waals surface area contributed by atoms with E-state index in [-0.39, 0.29) is 5.91 Å². The maximum atomic E-state index is 11.8. The molecular formula is C14H10N2O2S. The van der Waals surface area contributed by atoms with Crippen LogP contribution < -0.4 is 4.72 Å². The maximum Gasteiger partial charge on any atom is 0.277 e. The predicted octanol–water partition coefficient (Wildman–Crippen LogP) is 3.26. The Kier molecular flexibility index (Phi) is 3.20. The molecule has 0 aliphatic carbocycles. The first-order valence-corrected chi connectivity index (χ1v) is 6.52. The van der Waals surface area contributed by atoms with Crippen molar-refractivity contribution in [1.29, 1.82) is 0 Å². The van der Waals surface area contributed by atoms with Gasteiger partial charge in [0.05, 0.1) is 0 Å². The molecule has 0 spiro atoms. The molecule has 0 bridgehead atoms. The number of nitrogens with one attached hydrogen (secondary N) is 1. The highest BCUT2D eigenvalue weighted by Crippen LogP contribution is 2.21. The van der Waals surface area contributed by atoms with Crippen molar-refractivity contribution in [2.75, 3.05) is 0 Å². The molecule has 1 N–H and O–H groups in total. The molecule has 1 amide bonds. The third-order valence-electron chi connectivity index (χ3n) is 2.54. The first kappa shape index (κ1) is 11.8. The number of amides is 1. The lowest BCUT2D eigenvalue weighted by atomic mass is 10.2. The summed E-state index contributed by atoms with van der Waals surface area (Å²) in [5, 5.41) is 0.422. The SMILES string of the molecule is O=C(NSc1nc2ccccc2o1)c1ccccc1. The van der Waals surface area contributed by atoms with Crippen molar-refractivity contribution in [2.45, 2.75) is 5.22 Å². The Bertz CT molecular complexity index is 677. The lowest BCUT2D eigenvalue weighted by molar-refractivity contribution is 0.0984. The number of fused-ring (bicyclic) bond motifs is 1. The van der Waals surface area contributed by atoms with Crippen molar-refractivity contribution in [2.24, 2.45) is 0 Å². The highest BCUT2D eigenvalue weighted by atomic mass is 32.2. The molecule has 0 atom stereocenters. The van der Waals surface area contributed by atoms with Crippen LogP contribution in [0.15, 0.2) is 64.2 Å². The lowest BCUT2D eigenvalue weighted by Crippen LogP contribution is -2.15. The standard InChI is InChI=1S/C14H10N2O2S/c17-13(10-6-2-1-3-7-10)16-19-14-15-11-8-4-5-9-12(11)18-14/h1-9H,(H,16,17). The van der Waals surface area contributed by atoms with Crippen molar-refractivity contribution in [3.05, 3.63) is 60.2 Å². The molecule has 5 heteroatoms. The topological polar surface area (TPSA) is 55.1 Å². The Morgan fingerprint density at radius 3 is 2.58 bits per heavy atom. The zero-order valence-electron chi connectivity index (χ0n) is 9.87. The van der Waals surface area contributed by atoms with Gasteiger partial charge in [-0.25, -0.2) is 4.98 Å². The van der Waals surface area contributed by atoms with Crippen LogP contribution in [0.5, 0.6) is 0 Å². The minimum atomic E-state index is -0.173. The summed E-state index contributed by atoms with van der Waals surface area (Å²) in [4.78, 5) is 16.1. The van der Waals surface area contributed by atoms with Crippen LogP contribution in [0.1, 0.15) is 10.4 Å². The zero-order chi connectivity index (χ0) is 13.1. The molecule has 1 aromatic heterocycles. The van der Waals surface area contributed by atoms with Crippen LogP contribution in [0.25, 0.3) is 11.1 Å². The fraction of sp³-hybridized carbons (Fsp3) is 0. The van der Waals surface area contributed by atoms with E-state index in [0.29, 0.717) is 16.4 Å². The molecule has 94 valence electrons. The number of carbonyl (C=O) groups excluding carboxylic acids is 1. The first-order valence-electron chi connectivity index (χ1n) is 5.71. The van der Waals surface area contributed by atoms with Gasteiger partial charge in [0, 0.05) is 17.5 Å². The van der Waals surface area contributed by atoms with E-state index in [1.807, 2.05) is 42.5 Å². The molecule has 0 unspecified atom stereocenters. The maximum absolute atomic E-state index is 11.8. The summed E-state index contributed by atoms with van der Waals surface area (Å²) in [5.74, 6) is -0.173. The van der Waals surface area contributed by atoms with Gasteiger partial charge in [0.25, 0.3) is 11.1 Å². The van der Waals surface area contributed by atoms with Crippen molar-refractivity contribution >= 4 is 29.0 Å². The molecule has 0 radical (unpaired) electrons. The van der Waals surface area contributed by atoms with E-state index in [1.54, 1.807) is 12.1 Å². The fourth-order valence-corrected chi connectivity index (χ4v) is 2.21. The van der Waals surface area contributed by atoms with E-state index in [0.717, 1.165) is 17.5 Å². The highest BCUT2D eigenvalue weighted by molar-refractivity contribution is 7.97. The molecule has 0 saturated carbocycles. The fourth-order valence-electron chi connectivity index (χ4n) is 1.63. The van der Waals surface area contributed by atoms with Gasteiger partial charge in [-0.2, -0.15) is 0 Å². The second-order valence-corrected chi connectivity index (χ2v) is 4.60. The van der Waals surface area contributed by atoms with Gasteiger partial charge < -0.3 is 4.42 Å². The highest BCUT2D eigenvalue weighted by Gasteiger charge is 2.09. The van der Waals surface area contributed by atoms with Crippen LogP contribution in [-0.2, 0) is 0 Å². The van der Waals surface area contributed by atoms with E-state index in [2.05, 4.69) is 9.71 Å². The average molecular weight is 270 g/mol. The molecule has 2 aromatic carbocycles. The molecule has 19 heavy (non-hydrogen) atoms. The van der Waals surface area contributed by atoms with Gasteiger partial charge in [0.1, 0.15) is 5.52 Å². The average Bonchev–Trinajstić information content (AvgIpc) is 2.88. The number of hydrogen-bond acceptors (Lipinski definition) is 4. The number of carbonyl (C=O) groups is 1. The molecule has 0 aliphatic rings. The molecule has 3 rings (SSSR count). The molecule has 3 aromatic rings. The Balaban J connectivity index is 1.71. The van der Waals surface area contributed by atoms with Crippen LogP contribution in [0.2, 0.25) is 0 Å². The summed E-state index contributed by atoms with van der Waals surface area (Å²) in [6, 6.07) is 16.5. The molecule has 0 saturated heterocycles. The minimum absolute atomic E-state index is 0.173. The van der Waals surface area contributed by atoms with Gasteiger partial charge in [-0.15, -0.1) is 0 Å². The Morgan fingerprint density at radius 2 is 1.79 bits per heavy atom. The van der Waals surface area contributed by atoms with Gasteiger partial charge in [0.2, 0.25) is 0 Å². The smallest absolute Gasteiger partial charge is 0.277 e. The number of nitrogens with zero attached hydrogens (tertiary/aromatic N) is 1. The Labute approximate surface area is 114 Å². The van der Waals surface area contributed by atoms with Crippen molar-refractivity contribution in [3.8, 4) is 0 Å². The summed E-state index contributed by atoms with van der Waals surface area (Å²) in [6.45, 7) is 0. The quantitative estimate of drug-likeness (QED) is 0.742. The van der Waals surface area contributed by atoms with E-state index in [1.165, 1.54) is 0 Å². The summed E-state index contributed by atoms with van der Waals surface area (Å²) in [5.41, 5.74) is 2.09. The van der Waals surface area contributed by atoms with Gasteiger partial charge in [0.15, 0.2) is 5.58 Å². The molecule has 4 nitrogen and oxygen atoms in total. The molecule has 0 aliphatic heterocycles. The Morgan fingerprint density at radius 1 is 1.05 bits per heavy atom. The number of aromatic nitrogens is 1. The predicted molar refractivity (Wildman–Crippen MR) is 73.8 cm³/mol.